The quantitative estimate of drug-likeness (QED) is 0.496. The van der Waals surface area contributed by atoms with Gasteiger partial charge in [-0.25, -0.2) is 9.37 Å². The molecule has 1 unspecified atom stereocenters. The molecule has 126 valence electrons. The van der Waals surface area contributed by atoms with Gasteiger partial charge in [-0.3, -0.25) is 14.9 Å². The molecule has 0 spiro atoms. The molecule has 1 aromatic carbocycles. The molecule has 0 radical (unpaired) electrons. The largest absolute Gasteiger partial charge is 0.468 e. The van der Waals surface area contributed by atoms with Gasteiger partial charge in [0.05, 0.1) is 18.0 Å². The third-order valence-corrected chi connectivity index (χ3v) is 3.50. The summed E-state index contributed by atoms with van der Waals surface area (Å²) in [5, 5.41) is 13.7. The molecule has 0 aliphatic rings. The van der Waals surface area contributed by atoms with E-state index in [2.05, 4.69) is 10.3 Å². The number of nitro groups is 1. The zero-order valence-corrected chi connectivity index (χ0v) is 13.2. The van der Waals surface area contributed by atoms with Crippen LogP contribution in [-0.2, 0) is 9.53 Å². The second-order valence-electron chi connectivity index (χ2n) is 5.07. The van der Waals surface area contributed by atoms with Crippen molar-refractivity contribution in [3.63, 3.8) is 0 Å². The molecule has 0 aliphatic heterocycles. The molecule has 1 aromatic heterocycles. The molecule has 1 atom stereocenters. The van der Waals surface area contributed by atoms with E-state index in [4.69, 9.17) is 4.74 Å². The number of aromatic nitrogens is 1. The van der Waals surface area contributed by atoms with E-state index in [0.717, 1.165) is 0 Å². The van der Waals surface area contributed by atoms with Crippen molar-refractivity contribution in [1.29, 1.82) is 0 Å². The maximum absolute atomic E-state index is 13.0. The van der Waals surface area contributed by atoms with Crippen molar-refractivity contribution in [3.05, 3.63) is 63.6 Å². The number of rotatable bonds is 6. The third-order valence-electron chi connectivity index (χ3n) is 3.50. The lowest BCUT2D eigenvalue weighted by Crippen LogP contribution is -2.23. The highest BCUT2D eigenvalue weighted by atomic mass is 19.1. The molecule has 1 N–H and O–H groups in total. The van der Waals surface area contributed by atoms with Gasteiger partial charge in [0.25, 0.3) is 5.69 Å². The van der Waals surface area contributed by atoms with Crippen molar-refractivity contribution < 1.29 is 18.8 Å². The summed E-state index contributed by atoms with van der Waals surface area (Å²) in [6.45, 7) is 1.68. The van der Waals surface area contributed by atoms with Gasteiger partial charge >= 0.3 is 5.97 Å². The molecule has 0 bridgehead atoms. The summed E-state index contributed by atoms with van der Waals surface area (Å²) in [4.78, 5) is 26.3. The van der Waals surface area contributed by atoms with E-state index < -0.39 is 22.6 Å². The summed E-state index contributed by atoms with van der Waals surface area (Å²) >= 11 is 0. The summed E-state index contributed by atoms with van der Waals surface area (Å²) in [7, 11) is 1.27. The topological polar surface area (TPSA) is 94.4 Å². The number of ether oxygens (including phenoxy) is 1. The van der Waals surface area contributed by atoms with Crippen LogP contribution in [0.3, 0.4) is 0 Å². The monoisotopic (exact) mass is 333 g/mol. The highest BCUT2D eigenvalue weighted by molar-refractivity contribution is 5.78. The highest BCUT2D eigenvalue weighted by Crippen LogP contribution is 2.21. The Morgan fingerprint density at radius 1 is 1.33 bits per heavy atom. The molecule has 1 heterocycles. The smallest absolute Gasteiger partial charge is 0.314 e. The Balaban J connectivity index is 2.16. The predicted octanol–water partition coefficient (Wildman–Crippen LogP) is 2.81. The molecule has 0 saturated carbocycles. The van der Waals surface area contributed by atoms with E-state index in [0.29, 0.717) is 11.4 Å². The van der Waals surface area contributed by atoms with Gasteiger partial charge in [-0.2, -0.15) is 0 Å². The van der Waals surface area contributed by atoms with Gasteiger partial charge in [-0.1, -0.05) is 12.1 Å². The normalized spacial score (nSPS) is 11.6. The number of esters is 1. The van der Waals surface area contributed by atoms with Crippen LogP contribution in [0.2, 0.25) is 0 Å². The van der Waals surface area contributed by atoms with Crippen molar-refractivity contribution in [1.82, 2.24) is 4.98 Å². The number of halogens is 1. The molecule has 8 heteroatoms. The minimum Gasteiger partial charge on any atom is -0.468 e. The number of nitrogens with zero attached hydrogens (tertiary/aromatic N) is 2. The van der Waals surface area contributed by atoms with E-state index in [1.165, 1.54) is 50.4 Å². The predicted molar refractivity (Wildman–Crippen MR) is 85.3 cm³/mol. The summed E-state index contributed by atoms with van der Waals surface area (Å²) in [5.74, 6) is -1.14. The van der Waals surface area contributed by atoms with Crippen LogP contribution in [0.25, 0.3) is 0 Å². The molecule has 0 amide bonds. The summed E-state index contributed by atoms with van der Waals surface area (Å²) < 4.78 is 17.8. The van der Waals surface area contributed by atoms with Gasteiger partial charge in [0, 0.05) is 12.6 Å². The fourth-order valence-corrected chi connectivity index (χ4v) is 2.23. The summed E-state index contributed by atoms with van der Waals surface area (Å²) in [6, 6.07) is 8.35. The van der Waals surface area contributed by atoms with Gasteiger partial charge in [-0.05, 0) is 30.7 Å². The van der Waals surface area contributed by atoms with Crippen LogP contribution in [0, 0.1) is 22.9 Å². The van der Waals surface area contributed by atoms with Crippen molar-refractivity contribution in [2.24, 2.45) is 0 Å². The number of carbonyl (C=O) groups excluding carboxylic acids is 1. The Bertz CT molecular complexity index is 749. The maximum Gasteiger partial charge on any atom is 0.314 e. The van der Waals surface area contributed by atoms with Crippen LogP contribution in [0.1, 0.15) is 17.2 Å². The Hall–Kier alpha value is -3.03. The SMILES string of the molecule is COC(=O)C(CNc1ccc([N+](=O)[O-])c(C)n1)c1ccc(F)cc1. The summed E-state index contributed by atoms with van der Waals surface area (Å²) in [5.41, 5.74) is 0.777. The van der Waals surface area contributed by atoms with Crippen molar-refractivity contribution >= 4 is 17.5 Å². The van der Waals surface area contributed by atoms with Crippen molar-refractivity contribution in [2.45, 2.75) is 12.8 Å². The first-order valence-electron chi connectivity index (χ1n) is 7.11. The summed E-state index contributed by atoms with van der Waals surface area (Å²) in [6.07, 6.45) is 0. The molecule has 0 fully saturated rings. The highest BCUT2D eigenvalue weighted by Gasteiger charge is 2.22. The Labute approximate surface area is 137 Å². The number of hydrogen-bond donors (Lipinski definition) is 1. The van der Waals surface area contributed by atoms with Gasteiger partial charge in [0.15, 0.2) is 0 Å². The first kappa shape index (κ1) is 17.3. The van der Waals surface area contributed by atoms with E-state index in [1.807, 2.05) is 0 Å². The van der Waals surface area contributed by atoms with Crippen LogP contribution in [0.5, 0.6) is 0 Å². The lowest BCUT2D eigenvalue weighted by molar-refractivity contribution is -0.385. The fraction of sp³-hybridized carbons (Fsp3) is 0.250. The number of benzene rings is 1. The zero-order chi connectivity index (χ0) is 17.7. The van der Waals surface area contributed by atoms with Gasteiger partial charge in [0.1, 0.15) is 17.3 Å². The number of nitrogens with one attached hydrogen (secondary N) is 1. The molecular formula is C16H16FN3O4. The maximum atomic E-state index is 13.0. The number of methoxy groups -OCH3 is 1. The first-order valence-corrected chi connectivity index (χ1v) is 7.11. The minimum absolute atomic E-state index is 0.0800. The molecular weight excluding hydrogens is 317 g/mol. The van der Waals surface area contributed by atoms with Crippen LogP contribution in [-0.4, -0.2) is 29.5 Å². The average molecular weight is 333 g/mol. The van der Waals surface area contributed by atoms with Crippen LogP contribution in [0.4, 0.5) is 15.9 Å². The minimum atomic E-state index is -0.659. The molecule has 2 aromatic rings. The second kappa shape index (κ2) is 7.49. The first-order chi connectivity index (χ1) is 11.4. The van der Waals surface area contributed by atoms with Crippen LogP contribution < -0.4 is 5.32 Å². The zero-order valence-electron chi connectivity index (χ0n) is 13.2. The lowest BCUT2D eigenvalue weighted by atomic mass is 9.99. The molecule has 7 nitrogen and oxygen atoms in total. The Morgan fingerprint density at radius 3 is 2.54 bits per heavy atom. The number of pyridine rings is 1. The Morgan fingerprint density at radius 2 is 2.00 bits per heavy atom. The number of anilines is 1. The van der Waals surface area contributed by atoms with Gasteiger partial charge < -0.3 is 10.1 Å². The van der Waals surface area contributed by atoms with E-state index >= 15 is 0 Å². The fourth-order valence-electron chi connectivity index (χ4n) is 2.23. The van der Waals surface area contributed by atoms with Crippen molar-refractivity contribution in [2.75, 3.05) is 19.0 Å². The number of carbonyl (C=O) groups is 1. The van der Waals surface area contributed by atoms with Crippen LogP contribution in [0.15, 0.2) is 36.4 Å². The van der Waals surface area contributed by atoms with Crippen molar-refractivity contribution in [3.8, 4) is 0 Å². The standard InChI is InChI=1S/C16H16FN3O4/c1-10-14(20(22)23)7-8-15(19-10)18-9-13(16(21)24-2)11-3-5-12(17)6-4-11/h3-8,13H,9H2,1-2H3,(H,18,19). The molecule has 0 aliphatic carbocycles. The van der Waals surface area contributed by atoms with Gasteiger partial charge in [0.2, 0.25) is 0 Å². The number of hydrogen-bond acceptors (Lipinski definition) is 6. The Kier molecular flexibility index (Phi) is 5.41. The van der Waals surface area contributed by atoms with E-state index in [9.17, 15) is 19.3 Å². The molecule has 0 saturated heterocycles. The lowest BCUT2D eigenvalue weighted by Gasteiger charge is -2.16. The third kappa shape index (κ3) is 4.03. The second-order valence-corrected chi connectivity index (χ2v) is 5.07. The number of aryl methyl sites for hydroxylation is 1. The average Bonchev–Trinajstić information content (AvgIpc) is 2.56. The van der Waals surface area contributed by atoms with Crippen LogP contribution >= 0.6 is 0 Å². The molecule has 24 heavy (non-hydrogen) atoms. The van der Waals surface area contributed by atoms with E-state index in [1.54, 1.807) is 0 Å². The molecule has 2 rings (SSSR count). The van der Waals surface area contributed by atoms with E-state index in [-0.39, 0.29) is 17.9 Å². The van der Waals surface area contributed by atoms with Gasteiger partial charge in [-0.15, -0.1) is 0 Å².